The molecule has 0 aromatic carbocycles. The second-order valence-electron chi connectivity index (χ2n) is 2.21. The highest BCUT2D eigenvalue weighted by atomic mass is 19.1. The zero-order chi connectivity index (χ0) is 7.11. The van der Waals surface area contributed by atoms with Gasteiger partial charge in [-0.25, -0.2) is 0 Å². The number of alkyl halides is 1. The lowest BCUT2D eigenvalue weighted by Crippen LogP contribution is -2.21. The van der Waals surface area contributed by atoms with Crippen molar-refractivity contribution in [2.45, 2.75) is 6.92 Å². The maximum atomic E-state index is 11.7. The van der Waals surface area contributed by atoms with Crippen molar-refractivity contribution in [3.05, 3.63) is 12.7 Å². The highest BCUT2D eigenvalue weighted by Gasteiger charge is 1.96. The molecule has 0 amide bonds. The molecule has 0 radical (unpaired) electrons. The van der Waals surface area contributed by atoms with Crippen molar-refractivity contribution < 1.29 is 4.39 Å². The molecule has 0 heterocycles. The van der Waals surface area contributed by atoms with Crippen molar-refractivity contribution in [1.29, 1.82) is 0 Å². The summed E-state index contributed by atoms with van der Waals surface area (Å²) in [6.07, 6.45) is 1.77. The van der Waals surface area contributed by atoms with Crippen LogP contribution < -0.4 is 5.32 Å². The zero-order valence-corrected chi connectivity index (χ0v) is 5.86. The molecule has 0 rings (SSSR count). The molecule has 0 aliphatic heterocycles. The largest absolute Gasteiger partial charge is 0.313 e. The molecule has 2 heteroatoms. The van der Waals surface area contributed by atoms with Crippen LogP contribution in [0.1, 0.15) is 6.92 Å². The average molecular weight is 131 g/mol. The van der Waals surface area contributed by atoms with Crippen LogP contribution in [0.25, 0.3) is 0 Å². The van der Waals surface area contributed by atoms with Gasteiger partial charge in [-0.2, -0.15) is 0 Å². The van der Waals surface area contributed by atoms with Gasteiger partial charge in [0.15, 0.2) is 0 Å². The monoisotopic (exact) mass is 131 g/mol. The van der Waals surface area contributed by atoms with Crippen LogP contribution in [0.4, 0.5) is 4.39 Å². The minimum absolute atomic E-state index is 0.130. The van der Waals surface area contributed by atoms with Gasteiger partial charge in [0.25, 0.3) is 0 Å². The summed E-state index contributed by atoms with van der Waals surface area (Å²) in [6, 6.07) is 0. The molecule has 0 aromatic rings. The minimum atomic E-state index is -0.246. The van der Waals surface area contributed by atoms with E-state index in [1.807, 2.05) is 6.92 Å². The molecular weight excluding hydrogens is 117 g/mol. The highest BCUT2D eigenvalue weighted by molar-refractivity contribution is 4.70. The predicted octanol–water partition coefficient (Wildman–Crippen LogP) is 1.37. The topological polar surface area (TPSA) is 12.0 Å². The van der Waals surface area contributed by atoms with Gasteiger partial charge in [-0.05, 0) is 5.92 Å². The Bertz CT molecular complexity index is 73.3. The van der Waals surface area contributed by atoms with E-state index in [9.17, 15) is 4.39 Å². The molecule has 0 aromatic heterocycles. The number of hydrogen-bond donors (Lipinski definition) is 1. The molecule has 1 nitrogen and oxygen atoms in total. The first-order chi connectivity index (χ1) is 4.31. The standard InChI is InChI=1S/C7H14FN/c1-3-4-9-6-7(2)5-8/h3,7,9H,1,4-6H2,2H3. The summed E-state index contributed by atoms with van der Waals surface area (Å²) in [5, 5.41) is 3.03. The van der Waals surface area contributed by atoms with Gasteiger partial charge in [-0.3, -0.25) is 4.39 Å². The maximum absolute atomic E-state index is 11.7. The summed E-state index contributed by atoms with van der Waals surface area (Å²) >= 11 is 0. The fourth-order valence-electron chi connectivity index (χ4n) is 0.486. The number of halogens is 1. The van der Waals surface area contributed by atoms with Crippen molar-refractivity contribution in [3.8, 4) is 0 Å². The second-order valence-corrected chi connectivity index (χ2v) is 2.21. The summed E-state index contributed by atoms with van der Waals surface area (Å²) in [5.41, 5.74) is 0. The molecule has 9 heavy (non-hydrogen) atoms. The van der Waals surface area contributed by atoms with E-state index in [0.29, 0.717) is 0 Å². The van der Waals surface area contributed by atoms with E-state index >= 15 is 0 Å². The first-order valence-corrected chi connectivity index (χ1v) is 3.18. The maximum Gasteiger partial charge on any atom is 0.0932 e. The highest BCUT2D eigenvalue weighted by Crippen LogP contribution is 1.90. The fraction of sp³-hybridized carbons (Fsp3) is 0.714. The van der Waals surface area contributed by atoms with E-state index in [0.717, 1.165) is 13.1 Å². The van der Waals surface area contributed by atoms with Gasteiger partial charge >= 0.3 is 0 Å². The molecule has 0 aliphatic rings. The Hall–Kier alpha value is -0.370. The van der Waals surface area contributed by atoms with Gasteiger partial charge < -0.3 is 5.32 Å². The van der Waals surface area contributed by atoms with Crippen molar-refractivity contribution in [1.82, 2.24) is 5.32 Å². The Kier molecular flexibility index (Phi) is 5.52. The van der Waals surface area contributed by atoms with E-state index in [1.54, 1.807) is 6.08 Å². The molecule has 0 saturated heterocycles. The second kappa shape index (κ2) is 5.76. The predicted molar refractivity (Wildman–Crippen MR) is 38.2 cm³/mol. The summed E-state index contributed by atoms with van der Waals surface area (Å²) in [7, 11) is 0. The van der Waals surface area contributed by atoms with Crippen LogP contribution in [-0.4, -0.2) is 19.8 Å². The lowest BCUT2D eigenvalue weighted by molar-refractivity contribution is 0.372. The molecule has 0 spiro atoms. The molecule has 0 bridgehead atoms. The van der Waals surface area contributed by atoms with Crippen LogP contribution in [-0.2, 0) is 0 Å². The third kappa shape index (κ3) is 5.50. The Morgan fingerprint density at radius 3 is 2.89 bits per heavy atom. The molecule has 0 aliphatic carbocycles. The van der Waals surface area contributed by atoms with Crippen LogP contribution in [0.3, 0.4) is 0 Å². The molecule has 0 saturated carbocycles. The van der Waals surface area contributed by atoms with Crippen molar-refractivity contribution in [2.24, 2.45) is 5.92 Å². The summed E-state index contributed by atoms with van der Waals surface area (Å²) in [4.78, 5) is 0. The van der Waals surface area contributed by atoms with Crippen molar-refractivity contribution in [3.63, 3.8) is 0 Å². The van der Waals surface area contributed by atoms with E-state index in [1.165, 1.54) is 0 Å². The summed E-state index contributed by atoms with van der Waals surface area (Å²) in [6.45, 7) is 6.66. The zero-order valence-electron chi connectivity index (χ0n) is 5.86. The quantitative estimate of drug-likeness (QED) is 0.439. The SMILES string of the molecule is C=CCNCC(C)CF. The summed E-state index contributed by atoms with van der Waals surface area (Å²) < 4.78 is 11.7. The van der Waals surface area contributed by atoms with Crippen LogP contribution in [0.15, 0.2) is 12.7 Å². The molecule has 1 atom stereocenters. The normalized spacial score (nSPS) is 13.1. The Morgan fingerprint density at radius 2 is 2.44 bits per heavy atom. The number of rotatable bonds is 5. The number of hydrogen-bond acceptors (Lipinski definition) is 1. The molecule has 0 fully saturated rings. The van der Waals surface area contributed by atoms with Gasteiger partial charge in [0.2, 0.25) is 0 Å². The van der Waals surface area contributed by atoms with E-state index in [-0.39, 0.29) is 12.6 Å². The van der Waals surface area contributed by atoms with E-state index in [4.69, 9.17) is 0 Å². The number of nitrogens with one attached hydrogen (secondary N) is 1. The third-order valence-electron chi connectivity index (χ3n) is 1.04. The van der Waals surface area contributed by atoms with Crippen LogP contribution in [0, 0.1) is 5.92 Å². The Morgan fingerprint density at radius 1 is 1.78 bits per heavy atom. The Balaban J connectivity index is 2.96. The Labute approximate surface area is 56.0 Å². The van der Waals surface area contributed by atoms with E-state index < -0.39 is 0 Å². The molecular formula is C7H14FN. The molecule has 54 valence electrons. The van der Waals surface area contributed by atoms with Gasteiger partial charge in [-0.1, -0.05) is 13.0 Å². The van der Waals surface area contributed by atoms with E-state index in [2.05, 4.69) is 11.9 Å². The summed E-state index contributed by atoms with van der Waals surface area (Å²) in [5.74, 6) is 0.130. The first-order valence-electron chi connectivity index (χ1n) is 3.18. The average Bonchev–Trinajstić information content (AvgIpc) is 1.89. The van der Waals surface area contributed by atoms with Gasteiger partial charge in [0.05, 0.1) is 6.67 Å². The van der Waals surface area contributed by atoms with Crippen molar-refractivity contribution in [2.75, 3.05) is 19.8 Å². The van der Waals surface area contributed by atoms with Crippen LogP contribution in [0.5, 0.6) is 0 Å². The first kappa shape index (κ1) is 8.63. The molecule has 1 N–H and O–H groups in total. The minimum Gasteiger partial charge on any atom is -0.313 e. The lowest BCUT2D eigenvalue weighted by atomic mass is 10.2. The third-order valence-corrected chi connectivity index (χ3v) is 1.04. The smallest absolute Gasteiger partial charge is 0.0932 e. The van der Waals surface area contributed by atoms with Gasteiger partial charge in [0, 0.05) is 13.1 Å². The van der Waals surface area contributed by atoms with Crippen molar-refractivity contribution >= 4 is 0 Å². The van der Waals surface area contributed by atoms with Gasteiger partial charge in [-0.15, -0.1) is 6.58 Å². The molecule has 1 unspecified atom stereocenters. The fourth-order valence-corrected chi connectivity index (χ4v) is 0.486. The van der Waals surface area contributed by atoms with Crippen LogP contribution >= 0.6 is 0 Å². The van der Waals surface area contributed by atoms with Gasteiger partial charge in [0.1, 0.15) is 0 Å². The lowest BCUT2D eigenvalue weighted by Gasteiger charge is -2.05. The van der Waals surface area contributed by atoms with Crippen LogP contribution in [0.2, 0.25) is 0 Å².